The number of likely N-dealkylation sites (tertiary alicyclic amines) is 1. The van der Waals surface area contributed by atoms with Gasteiger partial charge >= 0.3 is 0 Å². The van der Waals surface area contributed by atoms with Crippen LogP contribution >= 0.6 is 0 Å². The number of amides is 2. The number of nitrogens with zero attached hydrogens (tertiary/aromatic N) is 2. The summed E-state index contributed by atoms with van der Waals surface area (Å²) in [4.78, 5) is 30.4. The van der Waals surface area contributed by atoms with Gasteiger partial charge < -0.3 is 14.9 Å². The van der Waals surface area contributed by atoms with Gasteiger partial charge in [-0.05, 0) is 68.1 Å². The molecule has 3 aromatic carbocycles. The van der Waals surface area contributed by atoms with Gasteiger partial charge in [0.1, 0.15) is 0 Å². The van der Waals surface area contributed by atoms with Crippen molar-refractivity contribution < 1.29 is 14.7 Å². The molecule has 0 unspecified atom stereocenters. The molecule has 1 saturated heterocycles. The van der Waals surface area contributed by atoms with E-state index in [1.54, 1.807) is 4.90 Å². The summed E-state index contributed by atoms with van der Waals surface area (Å²) in [5.41, 5.74) is 3.07. The van der Waals surface area contributed by atoms with Gasteiger partial charge in [-0.2, -0.15) is 0 Å². The van der Waals surface area contributed by atoms with Gasteiger partial charge in [-0.25, -0.2) is 0 Å². The molecule has 1 heterocycles. The number of hydrogen-bond donors (Lipinski definition) is 1. The maximum Gasteiger partial charge on any atom is 0.254 e. The van der Waals surface area contributed by atoms with Crippen LogP contribution in [0.3, 0.4) is 0 Å². The van der Waals surface area contributed by atoms with Crippen molar-refractivity contribution in [3.8, 4) is 11.1 Å². The Kier molecular flexibility index (Phi) is 6.52. The first-order chi connectivity index (χ1) is 15.8. The fourth-order valence-corrected chi connectivity index (χ4v) is 4.94. The van der Waals surface area contributed by atoms with Crippen molar-refractivity contribution in [1.29, 1.82) is 0 Å². The van der Waals surface area contributed by atoms with Gasteiger partial charge in [0.05, 0.1) is 6.10 Å². The normalized spacial score (nSPS) is 16.1. The zero-order valence-electron chi connectivity index (χ0n) is 19.8. The van der Waals surface area contributed by atoms with Crippen LogP contribution in [0.1, 0.15) is 54.8 Å². The summed E-state index contributed by atoms with van der Waals surface area (Å²) in [6.45, 7) is 9.06. The summed E-state index contributed by atoms with van der Waals surface area (Å²) in [5.74, 6) is -0.0599. The van der Waals surface area contributed by atoms with Crippen LogP contribution < -0.4 is 0 Å². The van der Waals surface area contributed by atoms with E-state index >= 15 is 0 Å². The molecule has 4 rings (SSSR count). The minimum absolute atomic E-state index is 0.00545. The van der Waals surface area contributed by atoms with E-state index in [1.165, 1.54) is 0 Å². The third kappa shape index (κ3) is 4.38. The number of carbonyl (C=O) groups is 2. The summed E-state index contributed by atoms with van der Waals surface area (Å²) >= 11 is 0. The number of rotatable bonds is 5. The largest absolute Gasteiger partial charge is 0.391 e. The van der Waals surface area contributed by atoms with Gasteiger partial charge in [0, 0.05) is 36.3 Å². The summed E-state index contributed by atoms with van der Waals surface area (Å²) in [5, 5.41) is 11.7. The average Bonchev–Trinajstić information content (AvgIpc) is 3.23. The number of aliphatic hydroxyl groups excluding tert-OH is 1. The first-order valence-electron chi connectivity index (χ1n) is 11.7. The number of benzene rings is 3. The van der Waals surface area contributed by atoms with E-state index in [0.29, 0.717) is 30.6 Å². The second kappa shape index (κ2) is 9.36. The molecular weight excluding hydrogens is 412 g/mol. The lowest BCUT2D eigenvalue weighted by molar-refractivity contribution is 0.0644. The Morgan fingerprint density at radius 3 is 2.12 bits per heavy atom. The Hall–Kier alpha value is -3.18. The van der Waals surface area contributed by atoms with Crippen molar-refractivity contribution in [3.63, 3.8) is 0 Å². The Labute approximate surface area is 195 Å². The Bertz CT molecular complexity index is 1180. The number of hydrogen-bond acceptors (Lipinski definition) is 3. The molecule has 2 amide bonds. The molecule has 3 aromatic rings. The summed E-state index contributed by atoms with van der Waals surface area (Å²) in [6, 6.07) is 19.5. The molecule has 0 aliphatic carbocycles. The van der Waals surface area contributed by atoms with E-state index in [0.717, 1.165) is 21.9 Å². The Morgan fingerprint density at radius 1 is 0.848 bits per heavy atom. The maximum absolute atomic E-state index is 13.6. The standard InChI is InChI=1S/C28H32N2O3/c1-18(2)30(19(3)4)28(33)26-10-6-5-9-23(26)21-11-7-13-24-22(21)12-8-14-25(24)27(32)29-16-15-20(31)17-29/h5-14,18-20,31H,15-17H2,1-4H3/t20-/m1/s1. The number of fused-ring (bicyclic) bond motifs is 1. The van der Waals surface area contributed by atoms with E-state index in [2.05, 4.69) is 0 Å². The lowest BCUT2D eigenvalue weighted by Crippen LogP contribution is -2.42. The average molecular weight is 445 g/mol. The van der Waals surface area contributed by atoms with Gasteiger partial charge in [-0.1, -0.05) is 48.5 Å². The van der Waals surface area contributed by atoms with Crippen molar-refractivity contribution in [2.24, 2.45) is 0 Å². The Morgan fingerprint density at radius 2 is 1.45 bits per heavy atom. The van der Waals surface area contributed by atoms with Gasteiger partial charge in [-0.15, -0.1) is 0 Å². The predicted octanol–water partition coefficient (Wildman–Crippen LogP) is 4.97. The van der Waals surface area contributed by atoms with E-state index in [1.807, 2.05) is 93.3 Å². The third-order valence-electron chi connectivity index (χ3n) is 6.40. The second-order valence-corrected chi connectivity index (χ2v) is 9.35. The van der Waals surface area contributed by atoms with Gasteiger partial charge in [0.2, 0.25) is 0 Å². The highest BCUT2D eigenvalue weighted by Crippen LogP contribution is 2.34. The SMILES string of the molecule is CC(C)N(C(=O)c1ccccc1-c1cccc2c(C(=O)N3CC[C@@H](O)C3)cccc12)C(C)C. The summed E-state index contributed by atoms with van der Waals surface area (Å²) < 4.78 is 0. The highest BCUT2D eigenvalue weighted by molar-refractivity contribution is 6.12. The quantitative estimate of drug-likeness (QED) is 0.604. The maximum atomic E-state index is 13.6. The van der Waals surface area contributed by atoms with Crippen molar-refractivity contribution in [2.45, 2.75) is 52.3 Å². The van der Waals surface area contributed by atoms with E-state index in [-0.39, 0.29) is 23.9 Å². The van der Waals surface area contributed by atoms with Gasteiger partial charge in [0.25, 0.3) is 11.8 Å². The molecule has 33 heavy (non-hydrogen) atoms. The second-order valence-electron chi connectivity index (χ2n) is 9.35. The van der Waals surface area contributed by atoms with Crippen molar-refractivity contribution in [3.05, 3.63) is 71.8 Å². The Balaban J connectivity index is 1.83. The zero-order valence-corrected chi connectivity index (χ0v) is 19.8. The molecule has 0 bridgehead atoms. The molecule has 1 fully saturated rings. The van der Waals surface area contributed by atoms with E-state index in [9.17, 15) is 14.7 Å². The van der Waals surface area contributed by atoms with Crippen LogP contribution in [-0.4, -0.2) is 58.0 Å². The molecular formula is C28H32N2O3. The van der Waals surface area contributed by atoms with Crippen LogP contribution in [-0.2, 0) is 0 Å². The van der Waals surface area contributed by atoms with E-state index < -0.39 is 6.10 Å². The van der Waals surface area contributed by atoms with Crippen LogP contribution in [0.2, 0.25) is 0 Å². The van der Waals surface area contributed by atoms with Crippen LogP contribution in [0.15, 0.2) is 60.7 Å². The minimum atomic E-state index is -0.456. The lowest BCUT2D eigenvalue weighted by Gasteiger charge is -2.31. The fraction of sp³-hybridized carbons (Fsp3) is 0.357. The number of β-amino-alcohol motifs (C(OH)–C–C–N with tert-alkyl or cyclic N) is 1. The van der Waals surface area contributed by atoms with Gasteiger partial charge in [-0.3, -0.25) is 9.59 Å². The summed E-state index contributed by atoms with van der Waals surface area (Å²) in [6.07, 6.45) is 0.154. The highest BCUT2D eigenvalue weighted by Gasteiger charge is 2.27. The molecule has 0 spiro atoms. The number of carbonyl (C=O) groups excluding carboxylic acids is 2. The minimum Gasteiger partial charge on any atom is -0.391 e. The topological polar surface area (TPSA) is 60.9 Å². The predicted molar refractivity (Wildman–Crippen MR) is 132 cm³/mol. The highest BCUT2D eigenvalue weighted by atomic mass is 16.3. The number of aliphatic hydroxyl groups is 1. The van der Waals surface area contributed by atoms with Crippen molar-refractivity contribution in [2.75, 3.05) is 13.1 Å². The molecule has 1 aliphatic heterocycles. The molecule has 1 aliphatic rings. The first-order valence-corrected chi connectivity index (χ1v) is 11.7. The zero-order chi connectivity index (χ0) is 23.7. The fourth-order valence-electron chi connectivity index (χ4n) is 4.94. The smallest absolute Gasteiger partial charge is 0.254 e. The van der Waals surface area contributed by atoms with Gasteiger partial charge in [0.15, 0.2) is 0 Å². The van der Waals surface area contributed by atoms with Crippen LogP contribution in [0.5, 0.6) is 0 Å². The van der Waals surface area contributed by atoms with E-state index in [4.69, 9.17) is 0 Å². The van der Waals surface area contributed by atoms with Crippen molar-refractivity contribution >= 4 is 22.6 Å². The molecule has 0 aromatic heterocycles. The molecule has 5 nitrogen and oxygen atoms in total. The molecule has 1 N–H and O–H groups in total. The molecule has 0 radical (unpaired) electrons. The molecule has 0 saturated carbocycles. The summed E-state index contributed by atoms with van der Waals surface area (Å²) in [7, 11) is 0. The van der Waals surface area contributed by atoms with Crippen LogP contribution in [0.25, 0.3) is 21.9 Å². The molecule has 5 heteroatoms. The molecule has 172 valence electrons. The molecule has 1 atom stereocenters. The monoisotopic (exact) mass is 444 g/mol. The lowest BCUT2D eigenvalue weighted by atomic mass is 9.92. The third-order valence-corrected chi connectivity index (χ3v) is 6.40. The van der Waals surface area contributed by atoms with Crippen LogP contribution in [0, 0.1) is 0 Å². The van der Waals surface area contributed by atoms with Crippen LogP contribution in [0.4, 0.5) is 0 Å². The van der Waals surface area contributed by atoms with Crippen molar-refractivity contribution in [1.82, 2.24) is 9.80 Å². The first kappa shape index (κ1) is 23.0.